The van der Waals surface area contributed by atoms with E-state index in [1.165, 1.54) is 16.8 Å². The lowest BCUT2D eigenvalue weighted by molar-refractivity contribution is 0.0534. The molecule has 4 rings (SSSR count). The standard InChI is InChI=1S/C24H25FN6O4/c1-24(2,3)35-23(34)26-9-4-6-18-16(12-15(25)13-27-18)19-7-5-10-30(19)20-8-11-31-21(29-20)17(14-28-31)22(32)33/h8,11-14,19H,5,7,9-10H2,1-3H3,(H,26,34)(H,32,33). The van der Waals surface area contributed by atoms with Gasteiger partial charge in [-0.05, 0) is 51.7 Å². The number of pyridine rings is 1. The van der Waals surface area contributed by atoms with Gasteiger partial charge in [-0.15, -0.1) is 0 Å². The Labute approximate surface area is 201 Å². The first-order valence-corrected chi connectivity index (χ1v) is 11.1. The molecule has 0 radical (unpaired) electrons. The number of rotatable bonds is 4. The molecule has 1 atom stereocenters. The average Bonchev–Trinajstić information content (AvgIpc) is 3.43. The van der Waals surface area contributed by atoms with Gasteiger partial charge in [0.15, 0.2) is 5.65 Å². The minimum atomic E-state index is -1.12. The minimum Gasteiger partial charge on any atom is -0.477 e. The number of anilines is 1. The van der Waals surface area contributed by atoms with Gasteiger partial charge in [0.1, 0.15) is 28.5 Å². The number of ether oxygens (including phenoxy) is 1. The number of fused-ring (bicyclic) bond motifs is 1. The number of aromatic nitrogens is 4. The number of carbonyl (C=O) groups is 2. The van der Waals surface area contributed by atoms with Crippen molar-refractivity contribution in [1.29, 1.82) is 0 Å². The lowest BCUT2D eigenvalue weighted by Gasteiger charge is -2.26. The smallest absolute Gasteiger partial charge is 0.408 e. The molecule has 1 aliphatic rings. The lowest BCUT2D eigenvalue weighted by Crippen LogP contribution is -2.32. The van der Waals surface area contributed by atoms with E-state index in [2.05, 4.69) is 32.2 Å². The van der Waals surface area contributed by atoms with Crippen LogP contribution in [-0.4, -0.2) is 55.4 Å². The van der Waals surface area contributed by atoms with Gasteiger partial charge in [-0.2, -0.15) is 5.10 Å². The number of carboxylic acids is 1. The fourth-order valence-corrected chi connectivity index (χ4v) is 3.91. The van der Waals surface area contributed by atoms with Crippen LogP contribution < -0.4 is 10.2 Å². The van der Waals surface area contributed by atoms with E-state index in [0.29, 0.717) is 30.0 Å². The number of hydrogen-bond donors (Lipinski definition) is 2. The Balaban J connectivity index is 1.59. The second-order valence-electron chi connectivity index (χ2n) is 9.02. The molecule has 0 bridgehead atoms. The number of nitrogens with zero attached hydrogens (tertiary/aromatic N) is 5. The van der Waals surface area contributed by atoms with Crippen molar-refractivity contribution in [3.8, 4) is 11.8 Å². The molecule has 0 saturated carbocycles. The van der Waals surface area contributed by atoms with Crippen molar-refractivity contribution in [1.82, 2.24) is 24.9 Å². The fourth-order valence-electron chi connectivity index (χ4n) is 3.91. The Morgan fingerprint density at radius 1 is 1.34 bits per heavy atom. The molecule has 3 aromatic heterocycles. The lowest BCUT2D eigenvalue weighted by atomic mass is 10.0. The van der Waals surface area contributed by atoms with Crippen molar-refractivity contribution in [3.63, 3.8) is 0 Å². The second-order valence-corrected chi connectivity index (χ2v) is 9.02. The minimum absolute atomic E-state index is 0.000868. The van der Waals surface area contributed by atoms with Gasteiger partial charge >= 0.3 is 12.1 Å². The first kappa shape index (κ1) is 23.9. The summed E-state index contributed by atoms with van der Waals surface area (Å²) in [6.07, 6.45) is 4.96. The number of carbonyl (C=O) groups excluding carboxylic acids is 1. The molecule has 0 aromatic carbocycles. The number of alkyl carbamates (subject to hydrolysis) is 1. The number of nitrogens with one attached hydrogen (secondary N) is 1. The highest BCUT2D eigenvalue weighted by atomic mass is 19.1. The molecule has 182 valence electrons. The van der Waals surface area contributed by atoms with E-state index in [9.17, 15) is 19.1 Å². The summed E-state index contributed by atoms with van der Waals surface area (Å²) in [5.41, 5.74) is 0.603. The summed E-state index contributed by atoms with van der Waals surface area (Å²) < 4.78 is 20.8. The number of halogens is 1. The quantitative estimate of drug-likeness (QED) is 0.546. The van der Waals surface area contributed by atoms with Gasteiger partial charge < -0.3 is 20.1 Å². The van der Waals surface area contributed by atoms with Crippen LogP contribution in [0.4, 0.5) is 15.0 Å². The molecule has 3 aromatic rings. The van der Waals surface area contributed by atoms with Crippen LogP contribution in [0.3, 0.4) is 0 Å². The summed E-state index contributed by atoms with van der Waals surface area (Å²) in [5.74, 6) is 4.71. The van der Waals surface area contributed by atoms with E-state index in [-0.39, 0.29) is 23.8 Å². The number of aromatic carboxylic acids is 1. The number of carboxylic acid groups (broad SMARTS) is 1. The van der Waals surface area contributed by atoms with E-state index in [4.69, 9.17) is 4.74 Å². The monoisotopic (exact) mass is 480 g/mol. The van der Waals surface area contributed by atoms with Crippen LogP contribution in [0.5, 0.6) is 0 Å². The molecule has 2 N–H and O–H groups in total. The molecule has 1 unspecified atom stereocenters. The highest BCUT2D eigenvalue weighted by Crippen LogP contribution is 2.36. The average molecular weight is 481 g/mol. The van der Waals surface area contributed by atoms with Gasteiger partial charge in [-0.25, -0.2) is 28.5 Å². The molecule has 0 aliphatic carbocycles. The van der Waals surface area contributed by atoms with Crippen LogP contribution in [0.2, 0.25) is 0 Å². The molecular weight excluding hydrogens is 455 g/mol. The van der Waals surface area contributed by atoms with E-state index in [0.717, 1.165) is 12.6 Å². The van der Waals surface area contributed by atoms with Crippen LogP contribution in [0.15, 0.2) is 30.7 Å². The fraction of sp³-hybridized carbons (Fsp3) is 0.375. The first-order valence-electron chi connectivity index (χ1n) is 11.1. The molecule has 1 saturated heterocycles. The van der Waals surface area contributed by atoms with Crippen molar-refractivity contribution in [2.45, 2.75) is 45.3 Å². The molecule has 1 amide bonds. The summed E-state index contributed by atoms with van der Waals surface area (Å²) in [4.78, 5) is 34.0. The van der Waals surface area contributed by atoms with Gasteiger partial charge in [0.2, 0.25) is 0 Å². The van der Waals surface area contributed by atoms with Gasteiger partial charge in [0.05, 0.1) is 25.0 Å². The topological polar surface area (TPSA) is 122 Å². The molecule has 35 heavy (non-hydrogen) atoms. The van der Waals surface area contributed by atoms with Crippen molar-refractivity contribution < 1.29 is 23.8 Å². The van der Waals surface area contributed by atoms with Crippen molar-refractivity contribution in [2.75, 3.05) is 18.0 Å². The molecule has 0 spiro atoms. The Morgan fingerprint density at radius 3 is 2.89 bits per heavy atom. The van der Waals surface area contributed by atoms with Crippen LogP contribution in [0, 0.1) is 17.7 Å². The molecule has 10 nitrogen and oxygen atoms in total. The maximum absolute atomic E-state index is 14.2. The SMILES string of the molecule is CC(C)(C)OC(=O)NCC#Cc1ncc(F)cc1C1CCCN1c1ccn2ncc(C(=O)O)c2n1. The third kappa shape index (κ3) is 5.48. The second kappa shape index (κ2) is 9.58. The van der Waals surface area contributed by atoms with Gasteiger partial charge in [0, 0.05) is 18.3 Å². The zero-order valence-electron chi connectivity index (χ0n) is 19.6. The summed E-state index contributed by atoms with van der Waals surface area (Å²) in [7, 11) is 0. The van der Waals surface area contributed by atoms with Gasteiger partial charge in [-0.3, -0.25) is 0 Å². The number of amides is 1. The van der Waals surface area contributed by atoms with Crippen molar-refractivity contribution in [2.24, 2.45) is 0 Å². The molecule has 1 fully saturated rings. The van der Waals surface area contributed by atoms with E-state index in [1.54, 1.807) is 33.0 Å². The van der Waals surface area contributed by atoms with Gasteiger partial charge in [-0.1, -0.05) is 5.92 Å². The Bertz CT molecular complexity index is 1340. The predicted molar refractivity (Wildman–Crippen MR) is 125 cm³/mol. The van der Waals surface area contributed by atoms with E-state index in [1.807, 2.05) is 4.90 Å². The number of hydrogen-bond acceptors (Lipinski definition) is 7. The van der Waals surface area contributed by atoms with Crippen molar-refractivity contribution >= 4 is 23.5 Å². The first-order chi connectivity index (χ1) is 16.6. The normalized spacial score (nSPS) is 15.5. The van der Waals surface area contributed by atoms with Gasteiger partial charge in [0.25, 0.3) is 0 Å². The van der Waals surface area contributed by atoms with Crippen LogP contribution >= 0.6 is 0 Å². The molecule has 11 heteroatoms. The Hall–Kier alpha value is -4.20. The summed E-state index contributed by atoms with van der Waals surface area (Å²) in [6, 6.07) is 2.89. The largest absolute Gasteiger partial charge is 0.477 e. The molecule has 1 aliphatic heterocycles. The summed E-state index contributed by atoms with van der Waals surface area (Å²) in [5, 5.41) is 16.0. The van der Waals surface area contributed by atoms with E-state index >= 15 is 0 Å². The molecular formula is C24H25FN6O4. The van der Waals surface area contributed by atoms with E-state index < -0.39 is 23.5 Å². The Morgan fingerprint density at radius 2 is 2.14 bits per heavy atom. The van der Waals surface area contributed by atoms with Crippen LogP contribution in [0.1, 0.15) is 61.3 Å². The maximum atomic E-state index is 14.2. The highest BCUT2D eigenvalue weighted by molar-refractivity contribution is 5.94. The van der Waals surface area contributed by atoms with Crippen LogP contribution in [-0.2, 0) is 4.74 Å². The highest BCUT2D eigenvalue weighted by Gasteiger charge is 2.30. The zero-order chi connectivity index (χ0) is 25.2. The van der Waals surface area contributed by atoms with Crippen LogP contribution in [0.25, 0.3) is 5.65 Å². The summed E-state index contributed by atoms with van der Waals surface area (Å²) >= 11 is 0. The van der Waals surface area contributed by atoms with Crippen molar-refractivity contribution in [3.05, 3.63) is 53.4 Å². The molecule has 4 heterocycles. The predicted octanol–water partition coefficient (Wildman–Crippen LogP) is 3.18. The third-order valence-corrected chi connectivity index (χ3v) is 5.30. The third-order valence-electron chi connectivity index (χ3n) is 5.30. The zero-order valence-corrected chi connectivity index (χ0v) is 19.6. The Kier molecular flexibility index (Phi) is 6.55. The summed E-state index contributed by atoms with van der Waals surface area (Å²) in [6.45, 7) is 5.99. The maximum Gasteiger partial charge on any atom is 0.408 e.